The lowest BCUT2D eigenvalue weighted by Gasteiger charge is -2.06. The lowest BCUT2D eigenvalue weighted by atomic mass is 10.0. The second kappa shape index (κ2) is 3.03. The van der Waals surface area contributed by atoms with Crippen LogP contribution in [-0.2, 0) is 10.3 Å². The minimum atomic E-state index is -0.455. The predicted octanol–water partition coefficient (Wildman–Crippen LogP) is 2.60. The molecule has 0 amide bonds. The third kappa shape index (κ3) is 1.53. The largest absolute Gasteiger partial charge is 0.365 e. The molecule has 4 nitrogen and oxygen atoms in total. The maximum Gasteiger partial charge on any atom is 0.276 e. The fraction of sp³-hybridized carbons (Fsp3) is 0.333. The molecular weight excluding hydrogens is 250 g/mol. The second-order valence-corrected chi connectivity index (χ2v) is 4.35. The van der Waals surface area contributed by atoms with E-state index in [0.29, 0.717) is 16.6 Å². The Morgan fingerprint density at radius 3 is 2.79 bits per heavy atom. The van der Waals surface area contributed by atoms with Gasteiger partial charge in [-0.15, -0.1) is 0 Å². The van der Waals surface area contributed by atoms with Crippen LogP contribution in [0.1, 0.15) is 12.5 Å². The standard InChI is InChI=1S/C9H8BrNO3/c1-9(5-14-9)7-3-2-6(10)4-8(7)11(12)13/h2-4H,5H2,1H3. The Balaban J connectivity index is 2.54. The van der Waals surface area contributed by atoms with E-state index in [2.05, 4.69) is 15.9 Å². The predicted molar refractivity (Wildman–Crippen MR) is 54.1 cm³/mol. The van der Waals surface area contributed by atoms with Crippen molar-refractivity contribution in [3.63, 3.8) is 0 Å². The maximum absolute atomic E-state index is 10.8. The van der Waals surface area contributed by atoms with Crippen LogP contribution in [0.4, 0.5) is 5.69 Å². The minimum Gasteiger partial charge on any atom is -0.365 e. The van der Waals surface area contributed by atoms with Crippen LogP contribution in [0.2, 0.25) is 0 Å². The molecule has 0 aromatic heterocycles. The Bertz CT molecular complexity index is 401. The van der Waals surface area contributed by atoms with Gasteiger partial charge >= 0.3 is 0 Å². The first-order valence-electron chi connectivity index (χ1n) is 4.11. The highest BCUT2D eigenvalue weighted by Crippen LogP contribution is 2.43. The zero-order valence-corrected chi connectivity index (χ0v) is 9.08. The molecule has 0 aliphatic carbocycles. The van der Waals surface area contributed by atoms with Crippen LogP contribution in [0.3, 0.4) is 0 Å². The van der Waals surface area contributed by atoms with Gasteiger partial charge in [0.2, 0.25) is 0 Å². The van der Waals surface area contributed by atoms with E-state index in [1.807, 2.05) is 6.92 Å². The van der Waals surface area contributed by atoms with Crippen molar-refractivity contribution in [2.45, 2.75) is 12.5 Å². The van der Waals surface area contributed by atoms with E-state index in [9.17, 15) is 10.1 Å². The van der Waals surface area contributed by atoms with E-state index in [-0.39, 0.29) is 10.6 Å². The topological polar surface area (TPSA) is 55.7 Å². The highest BCUT2D eigenvalue weighted by Gasteiger charge is 2.45. The molecular formula is C9H8BrNO3. The van der Waals surface area contributed by atoms with Gasteiger partial charge in [0.1, 0.15) is 5.60 Å². The molecule has 1 fully saturated rings. The van der Waals surface area contributed by atoms with Crippen molar-refractivity contribution in [1.82, 2.24) is 0 Å². The van der Waals surface area contributed by atoms with E-state index in [0.717, 1.165) is 0 Å². The van der Waals surface area contributed by atoms with Gasteiger partial charge in [0.15, 0.2) is 0 Å². The third-order valence-electron chi connectivity index (χ3n) is 2.30. The molecule has 1 aromatic carbocycles. The summed E-state index contributed by atoms with van der Waals surface area (Å²) in [5.41, 5.74) is 0.299. The van der Waals surface area contributed by atoms with Crippen LogP contribution in [0, 0.1) is 10.1 Å². The van der Waals surface area contributed by atoms with Gasteiger partial charge in [-0.05, 0) is 19.1 Å². The molecule has 2 rings (SSSR count). The summed E-state index contributed by atoms with van der Waals surface area (Å²) in [7, 11) is 0. The fourth-order valence-corrected chi connectivity index (χ4v) is 1.72. The highest BCUT2D eigenvalue weighted by atomic mass is 79.9. The molecule has 1 aliphatic rings. The van der Waals surface area contributed by atoms with E-state index in [1.54, 1.807) is 12.1 Å². The quantitative estimate of drug-likeness (QED) is 0.465. The molecule has 14 heavy (non-hydrogen) atoms. The second-order valence-electron chi connectivity index (χ2n) is 3.44. The molecule has 1 saturated heterocycles. The lowest BCUT2D eigenvalue weighted by molar-refractivity contribution is -0.386. The SMILES string of the molecule is CC1(c2ccc(Br)cc2[N+](=O)[O-])CO1. The summed E-state index contributed by atoms with van der Waals surface area (Å²) >= 11 is 3.21. The number of rotatable bonds is 2. The molecule has 0 N–H and O–H groups in total. The van der Waals surface area contributed by atoms with E-state index in [1.165, 1.54) is 6.07 Å². The molecule has 1 unspecified atom stereocenters. The summed E-state index contributed by atoms with van der Waals surface area (Å²) in [5, 5.41) is 10.8. The normalized spacial score (nSPS) is 24.7. The van der Waals surface area contributed by atoms with Gasteiger partial charge < -0.3 is 4.74 Å². The van der Waals surface area contributed by atoms with Crippen molar-refractivity contribution in [2.75, 3.05) is 6.61 Å². The van der Waals surface area contributed by atoms with Crippen LogP contribution >= 0.6 is 15.9 Å². The summed E-state index contributed by atoms with van der Waals surface area (Å²) < 4.78 is 5.90. The molecule has 5 heteroatoms. The van der Waals surface area contributed by atoms with Crippen LogP contribution in [0.15, 0.2) is 22.7 Å². The molecule has 1 atom stereocenters. The number of hydrogen-bond donors (Lipinski definition) is 0. The van der Waals surface area contributed by atoms with Gasteiger partial charge in [-0.1, -0.05) is 15.9 Å². The average Bonchev–Trinajstić information content (AvgIpc) is 2.84. The number of benzene rings is 1. The Labute approximate surface area is 89.2 Å². The van der Waals surface area contributed by atoms with E-state index in [4.69, 9.17) is 4.74 Å². The molecule has 0 bridgehead atoms. The number of hydrogen-bond acceptors (Lipinski definition) is 3. The highest BCUT2D eigenvalue weighted by molar-refractivity contribution is 9.10. The van der Waals surface area contributed by atoms with Gasteiger partial charge in [-0.3, -0.25) is 10.1 Å². The zero-order valence-electron chi connectivity index (χ0n) is 7.49. The van der Waals surface area contributed by atoms with Crippen molar-refractivity contribution in [1.29, 1.82) is 0 Å². The van der Waals surface area contributed by atoms with Gasteiger partial charge in [0.05, 0.1) is 17.1 Å². The number of epoxide rings is 1. The van der Waals surface area contributed by atoms with Crippen LogP contribution in [-0.4, -0.2) is 11.5 Å². The molecule has 1 aromatic rings. The van der Waals surface area contributed by atoms with Crippen molar-refractivity contribution in [2.24, 2.45) is 0 Å². The Morgan fingerprint density at radius 1 is 1.64 bits per heavy atom. The van der Waals surface area contributed by atoms with Gasteiger partial charge in [-0.2, -0.15) is 0 Å². The van der Waals surface area contributed by atoms with Gasteiger partial charge in [-0.25, -0.2) is 0 Å². The molecule has 1 heterocycles. The Kier molecular flexibility index (Phi) is 2.08. The number of nitro groups is 1. The van der Waals surface area contributed by atoms with Crippen molar-refractivity contribution >= 4 is 21.6 Å². The third-order valence-corrected chi connectivity index (χ3v) is 2.80. The smallest absolute Gasteiger partial charge is 0.276 e. The average molecular weight is 258 g/mol. The van der Waals surface area contributed by atoms with Crippen molar-refractivity contribution in [3.05, 3.63) is 38.3 Å². The molecule has 0 spiro atoms. The first-order chi connectivity index (χ1) is 6.53. The van der Waals surface area contributed by atoms with Gasteiger partial charge in [0.25, 0.3) is 5.69 Å². The van der Waals surface area contributed by atoms with Crippen LogP contribution in [0.5, 0.6) is 0 Å². The summed E-state index contributed by atoms with van der Waals surface area (Å²) in [6.07, 6.45) is 0. The molecule has 0 radical (unpaired) electrons. The van der Waals surface area contributed by atoms with E-state index < -0.39 is 5.60 Å². The van der Waals surface area contributed by atoms with Gasteiger partial charge in [0, 0.05) is 10.5 Å². The fourth-order valence-electron chi connectivity index (χ4n) is 1.37. The minimum absolute atomic E-state index is 0.111. The lowest BCUT2D eigenvalue weighted by Crippen LogP contribution is -2.06. The first-order valence-corrected chi connectivity index (χ1v) is 4.91. The van der Waals surface area contributed by atoms with E-state index >= 15 is 0 Å². The molecule has 1 aliphatic heterocycles. The van der Waals surface area contributed by atoms with Crippen molar-refractivity contribution in [3.8, 4) is 0 Å². The Morgan fingerprint density at radius 2 is 2.29 bits per heavy atom. The summed E-state index contributed by atoms with van der Waals surface area (Å²) in [6, 6.07) is 5.02. The van der Waals surface area contributed by atoms with Crippen LogP contribution in [0.25, 0.3) is 0 Å². The van der Waals surface area contributed by atoms with Crippen LogP contribution < -0.4 is 0 Å². The summed E-state index contributed by atoms with van der Waals surface area (Å²) in [4.78, 5) is 10.4. The maximum atomic E-state index is 10.8. The summed E-state index contributed by atoms with van der Waals surface area (Å²) in [5.74, 6) is 0. The number of ether oxygens (including phenoxy) is 1. The monoisotopic (exact) mass is 257 g/mol. The number of halogens is 1. The zero-order chi connectivity index (χ0) is 10.3. The first kappa shape index (κ1) is 9.61. The molecule has 74 valence electrons. The van der Waals surface area contributed by atoms with Crippen molar-refractivity contribution < 1.29 is 9.66 Å². The number of nitrogens with zero attached hydrogens (tertiary/aromatic N) is 1. The summed E-state index contributed by atoms with van der Waals surface area (Å²) in [6.45, 7) is 2.40. The Hall–Kier alpha value is -0.940. The molecule has 0 saturated carbocycles. The number of nitro benzene ring substituents is 1.